The molecule has 3 saturated heterocycles. The molecule has 35 heteroatoms. The Morgan fingerprint density at radius 3 is 2.24 bits per heavy atom. The number of Topliss-reactive ketones (excluding diaryl/α,β-unsaturated/α-hetero) is 2. The number of fused-ring (bicyclic) bond motifs is 6. The zero-order valence-electron chi connectivity index (χ0n) is 54.9. The molecule has 100 heavy (non-hydrogen) atoms. The molecule has 3 unspecified atom stereocenters. The number of aryl methyl sites for hydroxylation is 2. The smallest absolute Gasteiger partial charge is 0.325 e. The van der Waals surface area contributed by atoms with E-state index in [1.165, 1.54) is 17.2 Å². The summed E-state index contributed by atoms with van der Waals surface area (Å²) in [5, 5.41) is 35.6. The molecule has 0 spiro atoms. The first kappa shape index (κ1) is 73.6. The number of aliphatic hydroxyl groups is 2. The topological polar surface area (TPSA) is 434 Å². The number of nitrogens with zero attached hydrogens (tertiary/aromatic N) is 8. The van der Waals surface area contributed by atoms with Gasteiger partial charge < -0.3 is 80.7 Å². The second-order valence-electron chi connectivity index (χ2n) is 25.3. The molecular weight excluding hydrogens is 1370 g/mol. The number of imidazole rings is 1. The number of primary amides is 1. The molecule has 12 N–H and O–H groups in total. The van der Waals surface area contributed by atoms with Gasteiger partial charge in [0.05, 0.1) is 44.0 Å². The van der Waals surface area contributed by atoms with Crippen LogP contribution in [0.4, 0.5) is 17.5 Å². The van der Waals surface area contributed by atoms with E-state index >= 15 is 0 Å². The fourth-order valence-electron chi connectivity index (χ4n) is 12.8. The number of benzene rings is 2. The van der Waals surface area contributed by atoms with Crippen LogP contribution in [0.15, 0.2) is 67.4 Å². The highest BCUT2D eigenvalue weighted by atomic mass is 32.5. The number of ketones is 2. The summed E-state index contributed by atoms with van der Waals surface area (Å²) in [6.07, 6.45) is -2.82. The van der Waals surface area contributed by atoms with Crippen molar-refractivity contribution in [3.63, 3.8) is 0 Å². The average molecular weight is 1460 g/mol. The number of unbranched alkanes of at least 4 members (excludes halogenated alkanes) is 1. The van der Waals surface area contributed by atoms with E-state index in [2.05, 4.69) is 58.0 Å². The average Bonchev–Trinajstić information content (AvgIpc) is 1.60. The van der Waals surface area contributed by atoms with Gasteiger partial charge in [0.2, 0.25) is 35.5 Å². The molecule has 6 aromatic rings. The van der Waals surface area contributed by atoms with Gasteiger partial charge in [0.25, 0.3) is 0 Å². The summed E-state index contributed by atoms with van der Waals surface area (Å²) in [5.74, 6) is 1.58. The van der Waals surface area contributed by atoms with Gasteiger partial charge in [-0.25, -0.2) is 15.0 Å². The Morgan fingerprint density at radius 1 is 0.750 bits per heavy atom. The quantitative estimate of drug-likeness (QED) is 0.0211. The van der Waals surface area contributed by atoms with E-state index in [9.17, 15) is 53.6 Å². The Balaban J connectivity index is 0.680. The van der Waals surface area contributed by atoms with Crippen molar-refractivity contribution in [3.8, 4) is 11.8 Å². The lowest BCUT2D eigenvalue weighted by Crippen LogP contribution is -2.50. The number of nitrogens with one attached hydrogen (secondary N) is 4. The van der Waals surface area contributed by atoms with E-state index in [0.717, 1.165) is 53.5 Å². The Bertz CT molecular complexity index is 4250. The number of hydrogen-bond donors (Lipinski definition) is 10. The predicted octanol–water partition coefficient (Wildman–Crippen LogP) is 3.37. The number of nitrogen functional groups attached to an aromatic ring is 1. The monoisotopic (exact) mass is 1450 g/mol. The number of carbonyl (C=O) groups excluding carboxylic acids is 7. The van der Waals surface area contributed by atoms with Crippen LogP contribution in [0.1, 0.15) is 131 Å². The predicted molar refractivity (Wildman–Crippen MR) is 369 cm³/mol. The molecule has 3 fully saturated rings. The van der Waals surface area contributed by atoms with Crippen molar-refractivity contribution in [2.45, 2.75) is 165 Å². The summed E-state index contributed by atoms with van der Waals surface area (Å²) in [6, 6.07) is 13.7. The van der Waals surface area contributed by atoms with E-state index < -0.39 is 124 Å². The van der Waals surface area contributed by atoms with E-state index in [0.29, 0.717) is 36.2 Å². The number of amides is 5. The highest BCUT2D eigenvalue weighted by Gasteiger charge is 2.53. The molecule has 8 heterocycles. The number of nitrogens with two attached hydrogens (primary N) is 2. The Kier molecular flexibility index (Phi) is 24.0. The number of hydrogen-bond acceptors (Lipinski definition) is 24. The van der Waals surface area contributed by atoms with Crippen molar-refractivity contribution in [1.82, 2.24) is 50.0 Å². The second-order valence-corrected chi connectivity index (χ2v) is 30.9. The van der Waals surface area contributed by atoms with Crippen molar-refractivity contribution >= 4 is 118 Å². The van der Waals surface area contributed by atoms with Gasteiger partial charge in [-0.05, 0) is 97.4 Å². The number of carbonyl (C=O) groups is 7. The third-order valence-corrected chi connectivity index (χ3v) is 21.5. The summed E-state index contributed by atoms with van der Waals surface area (Å²) in [6.45, 7) is -6.42. The standard InChI is InChI=1S/C65H80N14O17P2S2/c1-3-36(2)43(28-42(81)29-70-50(83)24-22-41(80)23-25-51(84)77-30-39-14-5-4-12-37(39)20-21-38-13-7-10-18-46(38)77)61(87)74-45(17-9-11-19-49(66)82)62(88)68-26-27-69-65-75-58(67)53-60(76-65)79(35-73-53)64-57-54(85)47(93-64)32-91-97(89,99)95-56-48(33-92-98(90,100)96-57)94-63(55(56)86)78-31-40-15-6-8-16-44-52(40)59(78)72-34-71-44/h4-5,7,10,12-14,18,31,34-36,43,45,47-48,54-57,63-64,85-86H,3,6,8-9,11,15-17,19,22-30,32-33H2,1-2H3,(H2,66,82)(H,68,88)(H,70,83)(H,74,87)(H,89,99)(H,90,100)(H3,67,69,75,76)/t36?,43-,45-,47+,48+,54+,55+,56+,57+,63+,64+,97?,98?/m0/s1. The summed E-state index contributed by atoms with van der Waals surface area (Å²) in [4.78, 5) is 140. The van der Waals surface area contributed by atoms with Gasteiger partial charge in [0.15, 0.2) is 29.7 Å². The lowest BCUT2D eigenvalue weighted by atomic mass is 9.86. The van der Waals surface area contributed by atoms with Crippen LogP contribution in [0.2, 0.25) is 0 Å². The van der Waals surface area contributed by atoms with Crippen LogP contribution in [0.3, 0.4) is 0 Å². The van der Waals surface area contributed by atoms with E-state index in [1.807, 2.05) is 61.7 Å². The van der Waals surface area contributed by atoms with Crippen LogP contribution in [-0.4, -0.2) is 171 Å². The van der Waals surface area contributed by atoms with Gasteiger partial charge in [-0.15, -0.1) is 0 Å². The first-order chi connectivity index (χ1) is 47.9. The maximum Gasteiger partial charge on any atom is 0.325 e. The first-order valence-corrected chi connectivity index (χ1v) is 38.3. The third kappa shape index (κ3) is 17.6. The van der Waals surface area contributed by atoms with Crippen LogP contribution in [0.5, 0.6) is 0 Å². The molecule has 4 aliphatic heterocycles. The van der Waals surface area contributed by atoms with Crippen molar-refractivity contribution < 1.29 is 81.1 Å². The molecule has 0 radical (unpaired) electrons. The molecular formula is C65H80N14O17P2S2. The normalized spacial score (nSPS) is 25.1. The maximum absolute atomic E-state index is 14.1. The molecule has 2 bridgehead atoms. The lowest BCUT2D eigenvalue weighted by molar-refractivity contribution is -0.134. The number of rotatable bonds is 26. The number of para-hydroxylation sites is 1. The Hall–Kier alpha value is -7.64. The van der Waals surface area contributed by atoms with Crippen LogP contribution in [-0.2, 0) is 104 Å². The molecule has 4 aromatic heterocycles. The van der Waals surface area contributed by atoms with E-state index in [-0.39, 0.29) is 105 Å². The molecule has 11 rings (SSSR count). The van der Waals surface area contributed by atoms with Crippen molar-refractivity contribution in [2.75, 3.05) is 48.8 Å². The molecule has 31 nitrogen and oxygen atoms in total. The Morgan fingerprint density at radius 2 is 1.46 bits per heavy atom. The molecule has 0 saturated carbocycles. The summed E-state index contributed by atoms with van der Waals surface area (Å²) in [7, 11) is 0. The summed E-state index contributed by atoms with van der Waals surface area (Å²) < 4.78 is 39.3. The largest absolute Gasteiger partial charge is 0.387 e. The minimum Gasteiger partial charge on any atom is -0.387 e. The van der Waals surface area contributed by atoms with Crippen molar-refractivity contribution in [2.24, 2.45) is 17.6 Å². The van der Waals surface area contributed by atoms with E-state index in [4.69, 9.17) is 62.6 Å². The Labute approximate surface area is 585 Å². The van der Waals surface area contributed by atoms with E-state index in [1.54, 1.807) is 16.4 Å². The summed E-state index contributed by atoms with van der Waals surface area (Å²) >= 11 is 11.0. The van der Waals surface area contributed by atoms with Crippen LogP contribution < -0.4 is 37.6 Å². The molecule has 534 valence electrons. The number of ether oxygens (including phenoxy) is 2. The minimum absolute atomic E-state index is 0.0114. The van der Waals surface area contributed by atoms with Crippen molar-refractivity contribution in [3.05, 3.63) is 95.3 Å². The number of aromatic nitrogens is 7. The molecule has 2 aromatic carbocycles. The first-order valence-electron chi connectivity index (χ1n) is 33.2. The molecule has 5 amide bonds. The van der Waals surface area contributed by atoms with Gasteiger partial charge in [-0.1, -0.05) is 68.9 Å². The van der Waals surface area contributed by atoms with Gasteiger partial charge >= 0.3 is 13.4 Å². The van der Waals surface area contributed by atoms with Crippen LogP contribution in [0, 0.1) is 23.7 Å². The number of aliphatic hydroxyl groups excluding tert-OH is 2. The van der Waals surface area contributed by atoms with Gasteiger partial charge in [-0.2, -0.15) is 9.97 Å². The zero-order chi connectivity index (χ0) is 71.0. The SMILES string of the molecule is CCC(C)[C@H](CC(=O)CNC(=O)CCC(=O)CCC(=O)N1Cc2ccccc2C#Cc2ccccc21)C(=O)N[C@@H](CCCCC(N)=O)C(=O)NCCNc1nc(N)c2ncn([C@@H]3O[C@@H]4COP(O)(=S)O[C@H]5[C@@H](O)[C@H](n6cc7c8c(ncnc86)CCCC7)O[C@@H]5COP(O)(=S)O[C@@H]3[C@@H]4O)c2n1. The third-order valence-electron chi connectivity index (χ3n) is 18.3. The fraction of sp³-hybridized carbons (Fsp3) is 0.508. The van der Waals surface area contributed by atoms with Gasteiger partial charge in [0.1, 0.15) is 65.9 Å². The van der Waals surface area contributed by atoms with Crippen LogP contribution in [0.25, 0.3) is 22.2 Å². The maximum atomic E-state index is 14.1. The molecule has 13 atom stereocenters. The lowest BCUT2D eigenvalue weighted by Gasteiger charge is -2.28. The minimum atomic E-state index is -4.38. The summed E-state index contributed by atoms with van der Waals surface area (Å²) in [5.41, 5.74) is 17.3. The zero-order valence-corrected chi connectivity index (χ0v) is 58.3. The number of anilines is 3. The fourth-order valence-corrected chi connectivity index (χ4v) is 15.7. The molecule has 1 aliphatic carbocycles. The van der Waals surface area contributed by atoms with Gasteiger partial charge in [-0.3, -0.25) is 47.2 Å². The second kappa shape index (κ2) is 32.6. The van der Waals surface area contributed by atoms with Crippen LogP contribution >= 0.6 is 13.4 Å². The highest BCUT2D eigenvalue weighted by molar-refractivity contribution is 8.07. The van der Waals surface area contributed by atoms with Crippen molar-refractivity contribution in [1.29, 1.82) is 0 Å². The van der Waals surface area contributed by atoms with Gasteiger partial charge in [0, 0.05) is 80.2 Å². The molecule has 5 aliphatic rings. The highest BCUT2D eigenvalue weighted by Crippen LogP contribution is 2.54.